The molecule has 1 aliphatic rings. The number of hydrogen-bond donors (Lipinski definition) is 2. The number of nitrogens with one attached hydrogen (secondary N) is 1. The Hall–Kier alpha value is -3.24. The molecular formula is C25H21ClN2O2. The second-order valence-electron chi connectivity index (χ2n) is 7.70. The van der Waals surface area contributed by atoms with Crippen LogP contribution in [0.15, 0.2) is 72.8 Å². The molecule has 3 aromatic carbocycles. The van der Waals surface area contributed by atoms with E-state index in [1.165, 1.54) is 5.56 Å². The number of aromatic amines is 1. The third-order valence-electron chi connectivity index (χ3n) is 5.79. The fraction of sp³-hybridized carbons (Fsp3) is 0.160. The molecule has 0 spiro atoms. The molecule has 1 aliphatic heterocycles. The zero-order valence-corrected chi connectivity index (χ0v) is 17.1. The third-order valence-corrected chi connectivity index (χ3v) is 6.03. The third kappa shape index (κ3) is 3.33. The second-order valence-corrected chi connectivity index (χ2v) is 8.14. The quantitative estimate of drug-likeness (QED) is 0.479. The predicted molar refractivity (Wildman–Crippen MR) is 119 cm³/mol. The number of amides is 1. The predicted octanol–water partition coefficient (Wildman–Crippen LogP) is 5.24. The molecule has 4 aromatic rings. The Bertz CT molecular complexity index is 1230. The van der Waals surface area contributed by atoms with Crippen LogP contribution in [0.4, 0.5) is 0 Å². The Balaban J connectivity index is 1.61. The van der Waals surface area contributed by atoms with Crippen molar-refractivity contribution in [3.63, 3.8) is 0 Å². The van der Waals surface area contributed by atoms with Gasteiger partial charge in [0.05, 0.1) is 12.5 Å². The summed E-state index contributed by atoms with van der Waals surface area (Å²) in [5.41, 5.74) is 5.06. The lowest BCUT2D eigenvalue weighted by Crippen LogP contribution is -2.41. The van der Waals surface area contributed by atoms with Gasteiger partial charge in [0.15, 0.2) is 0 Å². The van der Waals surface area contributed by atoms with Crippen molar-refractivity contribution < 1.29 is 9.90 Å². The van der Waals surface area contributed by atoms with Crippen molar-refractivity contribution in [3.8, 4) is 5.75 Å². The molecule has 150 valence electrons. The van der Waals surface area contributed by atoms with Crippen LogP contribution in [0.1, 0.15) is 28.4 Å². The van der Waals surface area contributed by atoms with Gasteiger partial charge in [0.25, 0.3) is 0 Å². The molecule has 5 rings (SSSR count). The van der Waals surface area contributed by atoms with Crippen molar-refractivity contribution in [1.29, 1.82) is 0 Å². The summed E-state index contributed by atoms with van der Waals surface area (Å²) in [4.78, 5) is 18.8. The zero-order valence-electron chi connectivity index (χ0n) is 16.3. The Morgan fingerprint density at radius 1 is 1.07 bits per heavy atom. The molecule has 0 saturated heterocycles. The number of phenolic OH excluding ortho intramolecular Hbond substituents is 1. The summed E-state index contributed by atoms with van der Waals surface area (Å²) < 4.78 is 0. The number of H-pyrrole nitrogens is 1. The van der Waals surface area contributed by atoms with E-state index in [4.69, 9.17) is 11.6 Å². The van der Waals surface area contributed by atoms with E-state index in [1.54, 1.807) is 12.1 Å². The van der Waals surface area contributed by atoms with Gasteiger partial charge < -0.3 is 15.0 Å². The van der Waals surface area contributed by atoms with E-state index < -0.39 is 0 Å². The summed E-state index contributed by atoms with van der Waals surface area (Å²) in [7, 11) is 0. The smallest absolute Gasteiger partial charge is 0.227 e. The SMILES string of the molecule is O=C(Cc1ccccc1)N1CCc2c([nH]c3ccc(Cl)cc23)C1c1cccc(O)c1. The van der Waals surface area contributed by atoms with Gasteiger partial charge >= 0.3 is 0 Å². The van der Waals surface area contributed by atoms with Crippen molar-refractivity contribution in [3.05, 3.63) is 100 Å². The molecule has 0 saturated carbocycles. The van der Waals surface area contributed by atoms with Crippen LogP contribution in [0.2, 0.25) is 5.02 Å². The second kappa shape index (κ2) is 7.54. The number of aromatic hydroxyl groups is 1. The standard InChI is InChI=1S/C25H21ClN2O2/c26-18-9-10-22-21(15-18)20-11-12-28(23(30)13-16-5-2-1-3-6-16)25(24(20)27-22)17-7-4-8-19(29)14-17/h1-10,14-15,25,27,29H,11-13H2. The normalized spacial score (nSPS) is 15.9. The number of aromatic nitrogens is 1. The first-order valence-corrected chi connectivity index (χ1v) is 10.4. The minimum absolute atomic E-state index is 0.0666. The highest BCUT2D eigenvalue weighted by molar-refractivity contribution is 6.31. The molecule has 1 aromatic heterocycles. The van der Waals surface area contributed by atoms with Crippen LogP contribution >= 0.6 is 11.6 Å². The zero-order chi connectivity index (χ0) is 20.7. The number of phenols is 1. The summed E-state index contributed by atoms with van der Waals surface area (Å²) >= 11 is 6.25. The highest BCUT2D eigenvalue weighted by atomic mass is 35.5. The lowest BCUT2D eigenvalue weighted by Gasteiger charge is -2.36. The van der Waals surface area contributed by atoms with Crippen molar-refractivity contribution in [2.45, 2.75) is 18.9 Å². The van der Waals surface area contributed by atoms with Crippen LogP contribution in [-0.2, 0) is 17.6 Å². The van der Waals surface area contributed by atoms with Gasteiger partial charge in [-0.25, -0.2) is 0 Å². The van der Waals surface area contributed by atoms with Gasteiger partial charge in [0.1, 0.15) is 5.75 Å². The van der Waals surface area contributed by atoms with Crippen molar-refractivity contribution in [2.75, 3.05) is 6.54 Å². The number of rotatable bonds is 3. The Morgan fingerprint density at radius 3 is 2.70 bits per heavy atom. The lowest BCUT2D eigenvalue weighted by atomic mass is 9.91. The molecule has 2 heterocycles. The maximum absolute atomic E-state index is 13.3. The first-order valence-electron chi connectivity index (χ1n) is 10.0. The molecule has 0 fully saturated rings. The molecule has 0 radical (unpaired) electrons. The molecule has 1 atom stereocenters. The van der Waals surface area contributed by atoms with E-state index in [0.29, 0.717) is 18.0 Å². The average molecular weight is 417 g/mol. The van der Waals surface area contributed by atoms with Gasteiger partial charge in [0, 0.05) is 28.2 Å². The fourth-order valence-corrected chi connectivity index (χ4v) is 4.61. The first kappa shape index (κ1) is 18.8. The molecule has 1 unspecified atom stereocenters. The minimum atomic E-state index is -0.289. The molecule has 2 N–H and O–H groups in total. The Kier molecular flexibility index (Phi) is 4.72. The van der Waals surface area contributed by atoms with Crippen LogP contribution in [0, 0.1) is 0 Å². The number of carbonyl (C=O) groups is 1. The number of benzene rings is 3. The molecule has 4 nitrogen and oxygen atoms in total. The number of halogens is 1. The van der Waals surface area contributed by atoms with Crippen molar-refractivity contribution in [2.24, 2.45) is 0 Å². The summed E-state index contributed by atoms with van der Waals surface area (Å²) in [5, 5.41) is 11.9. The molecule has 0 aliphatic carbocycles. The summed E-state index contributed by atoms with van der Waals surface area (Å²) in [6.07, 6.45) is 1.10. The Morgan fingerprint density at radius 2 is 1.90 bits per heavy atom. The molecule has 0 bridgehead atoms. The number of hydrogen-bond acceptors (Lipinski definition) is 2. The highest BCUT2D eigenvalue weighted by Crippen LogP contribution is 2.40. The number of fused-ring (bicyclic) bond motifs is 3. The van der Waals surface area contributed by atoms with Gasteiger partial charge in [0.2, 0.25) is 5.91 Å². The summed E-state index contributed by atoms with van der Waals surface area (Å²) in [6.45, 7) is 0.610. The van der Waals surface area contributed by atoms with Crippen LogP contribution < -0.4 is 0 Å². The van der Waals surface area contributed by atoms with E-state index >= 15 is 0 Å². The van der Waals surface area contributed by atoms with E-state index in [9.17, 15) is 9.90 Å². The monoisotopic (exact) mass is 416 g/mol. The molecule has 30 heavy (non-hydrogen) atoms. The summed E-state index contributed by atoms with van der Waals surface area (Å²) in [5.74, 6) is 0.256. The Labute approximate surface area is 179 Å². The first-order chi connectivity index (χ1) is 14.6. The van der Waals surface area contributed by atoms with E-state index in [1.807, 2.05) is 65.6 Å². The summed E-state index contributed by atoms with van der Waals surface area (Å²) in [6, 6.07) is 22.5. The van der Waals surface area contributed by atoms with E-state index in [2.05, 4.69) is 4.98 Å². The maximum Gasteiger partial charge on any atom is 0.227 e. The molecular weight excluding hydrogens is 396 g/mol. The molecule has 5 heteroatoms. The van der Waals surface area contributed by atoms with Crippen LogP contribution in [-0.4, -0.2) is 27.4 Å². The van der Waals surface area contributed by atoms with Crippen LogP contribution in [0.5, 0.6) is 5.75 Å². The van der Waals surface area contributed by atoms with Gasteiger partial charge in [-0.05, 0) is 53.4 Å². The van der Waals surface area contributed by atoms with Gasteiger partial charge in [-0.2, -0.15) is 0 Å². The minimum Gasteiger partial charge on any atom is -0.508 e. The number of nitrogens with zero attached hydrogens (tertiary/aromatic N) is 1. The van der Waals surface area contributed by atoms with Gasteiger partial charge in [-0.1, -0.05) is 54.1 Å². The van der Waals surface area contributed by atoms with Crippen molar-refractivity contribution in [1.82, 2.24) is 9.88 Å². The largest absolute Gasteiger partial charge is 0.508 e. The van der Waals surface area contributed by atoms with Crippen LogP contribution in [0.3, 0.4) is 0 Å². The fourth-order valence-electron chi connectivity index (χ4n) is 4.44. The van der Waals surface area contributed by atoms with Crippen LogP contribution in [0.25, 0.3) is 10.9 Å². The van der Waals surface area contributed by atoms with E-state index in [-0.39, 0.29) is 17.7 Å². The molecule has 1 amide bonds. The van der Waals surface area contributed by atoms with Crippen molar-refractivity contribution >= 4 is 28.4 Å². The van der Waals surface area contributed by atoms with Gasteiger partial charge in [-0.15, -0.1) is 0 Å². The average Bonchev–Trinajstić information content (AvgIpc) is 3.11. The highest BCUT2D eigenvalue weighted by Gasteiger charge is 2.34. The maximum atomic E-state index is 13.3. The number of carbonyl (C=O) groups excluding carboxylic acids is 1. The van der Waals surface area contributed by atoms with Gasteiger partial charge in [-0.3, -0.25) is 4.79 Å². The lowest BCUT2D eigenvalue weighted by molar-refractivity contribution is -0.132. The van der Waals surface area contributed by atoms with E-state index in [0.717, 1.165) is 34.1 Å². The topological polar surface area (TPSA) is 56.3 Å².